The molecule has 0 aliphatic rings. The van der Waals surface area contributed by atoms with E-state index in [-0.39, 0.29) is 6.29 Å². The minimum atomic E-state index is -5.79. The molecule has 0 aliphatic carbocycles. The Bertz CT molecular complexity index is 432. The number of hydrogen-bond donors (Lipinski definition) is 8. The summed E-state index contributed by atoms with van der Waals surface area (Å²) in [5.74, 6) is 0. The van der Waals surface area contributed by atoms with E-state index in [2.05, 4.69) is 4.31 Å². The maximum atomic E-state index is 11.5. The SMILES string of the molecule is O=C[C@@H](O)[C@@H](O)[C@H](O)[C@](O)(CO)P(=O)(O)OP(=O)(O)O. The third kappa shape index (κ3) is 4.38. The van der Waals surface area contributed by atoms with E-state index in [0.29, 0.717) is 0 Å². The number of phosphoric acid groups is 1. The number of hydrogen-bond acceptors (Lipinski definition) is 9. The van der Waals surface area contributed by atoms with Gasteiger partial charge < -0.3 is 45.0 Å². The maximum absolute atomic E-state index is 11.5. The third-order valence-electron chi connectivity index (χ3n) is 2.23. The van der Waals surface area contributed by atoms with Crippen LogP contribution in [0.5, 0.6) is 0 Å². The Morgan fingerprint density at radius 1 is 1.15 bits per heavy atom. The highest BCUT2D eigenvalue weighted by Gasteiger charge is 2.58. The topological polar surface area (TPSA) is 222 Å². The van der Waals surface area contributed by atoms with Gasteiger partial charge in [0.05, 0.1) is 6.61 Å². The smallest absolute Gasteiger partial charge is 0.393 e. The van der Waals surface area contributed by atoms with Crippen molar-refractivity contribution in [3.8, 4) is 0 Å². The van der Waals surface area contributed by atoms with Crippen molar-refractivity contribution in [3.05, 3.63) is 0 Å². The number of rotatable bonds is 8. The van der Waals surface area contributed by atoms with Gasteiger partial charge in [-0.25, -0.2) is 8.88 Å². The summed E-state index contributed by atoms with van der Waals surface area (Å²) in [4.78, 5) is 36.2. The monoisotopic (exact) mass is 340 g/mol. The molecule has 0 heterocycles. The van der Waals surface area contributed by atoms with Crippen molar-refractivity contribution in [1.82, 2.24) is 0 Å². The van der Waals surface area contributed by atoms with Crippen molar-refractivity contribution in [2.45, 2.75) is 23.7 Å². The second-order valence-electron chi connectivity index (χ2n) is 3.69. The average Bonchev–Trinajstić information content (AvgIpc) is 2.31. The predicted molar refractivity (Wildman–Crippen MR) is 59.1 cm³/mol. The molecule has 0 amide bonds. The van der Waals surface area contributed by atoms with E-state index >= 15 is 0 Å². The zero-order chi connectivity index (χ0) is 16.4. The van der Waals surface area contributed by atoms with Crippen molar-refractivity contribution in [1.29, 1.82) is 0 Å². The van der Waals surface area contributed by atoms with Gasteiger partial charge in [0.2, 0.25) is 5.34 Å². The molecule has 0 aromatic carbocycles. The lowest BCUT2D eigenvalue weighted by Crippen LogP contribution is -2.55. The Morgan fingerprint density at radius 2 is 1.60 bits per heavy atom. The summed E-state index contributed by atoms with van der Waals surface area (Å²) in [5, 5.41) is 42.4. The van der Waals surface area contributed by atoms with Crippen LogP contribution in [-0.2, 0) is 18.2 Å². The predicted octanol–water partition coefficient (Wildman–Crippen LogP) is -3.76. The van der Waals surface area contributed by atoms with Gasteiger partial charge in [0.1, 0.15) is 18.3 Å². The fourth-order valence-corrected chi connectivity index (χ4v) is 3.49. The van der Waals surface area contributed by atoms with Gasteiger partial charge in [0.25, 0.3) is 0 Å². The van der Waals surface area contributed by atoms with Crippen LogP contribution in [0.3, 0.4) is 0 Å². The molecule has 12 nitrogen and oxygen atoms in total. The second-order valence-corrected chi connectivity index (χ2v) is 7.14. The summed E-state index contributed by atoms with van der Waals surface area (Å²) in [6.45, 7) is -1.79. The quantitative estimate of drug-likeness (QED) is 0.158. The van der Waals surface area contributed by atoms with E-state index < -0.39 is 45.7 Å². The average molecular weight is 340 g/mol. The number of carbonyl (C=O) groups is 1. The fourth-order valence-electron chi connectivity index (χ4n) is 1.11. The molecule has 120 valence electrons. The van der Waals surface area contributed by atoms with Gasteiger partial charge in [-0.2, -0.15) is 0 Å². The summed E-state index contributed by atoms with van der Waals surface area (Å²) >= 11 is 0. The third-order valence-corrected chi connectivity index (χ3v) is 5.35. The molecule has 14 heteroatoms. The van der Waals surface area contributed by atoms with Gasteiger partial charge in [-0.3, -0.25) is 4.57 Å². The molecular formula is C6H14O12P2. The van der Waals surface area contributed by atoms with Crippen molar-refractivity contribution >= 4 is 21.7 Å². The fraction of sp³-hybridized carbons (Fsp3) is 0.833. The lowest BCUT2D eigenvalue weighted by molar-refractivity contribution is -0.147. The van der Waals surface area contributed by atoms with Gasteiger partial charge in [0.15, 0.2) is 6.29 Å². The first kappa shape index (κ1) is 19.8. The first-order chi connectivity index (χ1) is 8.82. The number of carbonyl (C=O) groups excluding carboxylic acids is 1. The van der Waals surface area contributed by atoms with Crippen LogP contribution in [0.15, 0.2) is 0 Å². The van der Waals surface area contributed by atoms with Crippen LogP contribution < -0.4 is 0 Å². The van der Waals surface area contributed by atoms with Crippen LogP contribution in [0.25, 0.3) is 0 Å². The standard InChI is InChI=1S/C6H14O12P2/c7-1-3(9)4(10)5(11)6(12,2-8)19(13,14)18-20(15,16)17/h1,3-5,8-12H,2H2,(H,13,14)(H2,15,16,17)/t3-,4-,5+,6+/m1/s1. The van der Waals surface area contributed by atoms with Crippen LogP contribution in [0.4, 0.5) is 0 Å². The minimum absolute atomic E-state index is 0.294. The molecule has 0 rings (SSSR count). The van der Waals surface area contributed by atoms with E-state index in [9.17, 15) is 34.1 Å². The normalized spacial score (nSPS) is 23.2. The molecular weight excluding hydrogens is 326 g/mol. The molecule has 5 atom stereocenters. The van der Waals surface area contributed by atoms with Crippen LogP contribution >= 0.6 is 15.4 Å². The van der Waals surface area contributed by atoms with Gasteiger partial charge in [0, 0.05) is 0 Å². The molecule has 0 radical (unpaired) electrons. The van der Waals surface area contributed by atoms with Gasteiger partial charge >= 0.3 is 15.4 Å². The minimum Gasteiger partial charge on any atom is -0.393 e. The van der Waals surface area contributed by atoms with E-state index in [1.54, 1.807) is 0 Å². The molecule has 0 saturated carbocycles. The van der Waals surface area contributed by atoms with Gasteiger partial charge in [-0.15, -0.1) is 0 Å². The lowest BCUT2D eigenvalue weighted by atomic mass is 10.0. The highest BCUT2D eigenvalue weighted by Crippen LogP contribution is 2.64. The molecule has 0 saturated heterocycles. The largest absolute Gasteiger partial charge is 0.476 e. The van der Waals surface area contributed by atoms with E-state index in [4.69, 9.17) is 20.0 Å². The summed E-state index contributed by atoms with van der Waals surface area (Å²) in [5.41, 5.74) is 0. The summed E-state index contributed by atoms with van der Waals surface area (Å²) in [6, 6.07) is 0. The molecule has 0 spiro atoms. The summed E-state index contributed by atoms with van der Waals surface area (Å²) in [6.07, 6.45) is -7.98. The van der Waals surface area contributed by atoms with Crippen molar-refractivity contribution < 1.29 is 58.4 Å². The second kappa shape index (κ2) is 6.69. The Labute approximate surface area is 111 Å². The zero-order valence-electron chi connectivity index (χ0n) is 9.62. The summed E-state index contributed by atoms with van der Waals surface area (Å²) < 4.78 is 25.4. The first-order valence-corrected chi connectivity index (χ1v) is 7.85. The van der Waals surface area contributed by atoms with Crippen LogP contribution in [-0.4, -0.2) is 76.8 Å². The van der Waals surface area contributed by atoms with E-state index in [1.807, 2.05) is 0 Å². The van der Waals surface area contributed by atoms with Gasteiger partial charge in [-0.1, -0.05) is 0 Å². The lowest BCUT2D eigenvalue weighted by Gasteiger charge is -2.36. The summed E-state index contributed by atoms with van der Waals surface area (Å²) in [7, 11) is -11.4. The van der Waals surface area contributed by atoms with Crippen LogP contribution in [0.1, 0.15) is 0 Å². The van der Waals surface area contributed by atoms with Crippen molar-refractivity contribution in [2.75, 3.05) is 6.61 Å². The molecule has 0 aromatic rings. The molecule has 8 N–H and O–H groups in total. The van der Waals surface area contributed by atoms with E-state index in [1.165, 1.54) is 0 Å². The number of aliphatic hydroxyl groups excluding tert-OH is 4. The Hall–Kier alpha value is -0.230. The van der Waals surface area contributed by atoms with Crippen molar-refractivity contribution in [2.24, 2.45) is 0 Å². The molecule has 1 unspecified atom stereocenters. The number of aldehydes is 1. The number of aliphatic hydroxyl groups is 5. The maximum Gasteiger partial charge on any atom is 0.476 e. The molecule has 0 fully saturated rings. The molecule has 20 heavy (non-hydrogen) atoms. The Morgan fingerprint density at radius 3 is 1.90 bits per heavy atom. The highest BCUT2D eigenvalue weighted by molar-refractivity contribution is 7.64. The van der Waals surface area contributed by atoms with E-state index in [0.717, 1.165) is 0 Å². The molecule has 0 aliphatic heterocycles. The molecule has 0 bridgehead atoms. The molecule has 0 aromatic heterocycles. The first-order valence-electron chi connectivity index (χ1n) is 4.75. The Balaban J connectivity index is 5.53. The van der Waals surface area contributed by atoms with Gasteiger partial charge in [-0.05, 0) is 0 Å². The van der Waals surface area contributed by atoms with Crippen LogP contribution in [0, 0.1) is 0 Å². The Kier molecular flexibility index (Phi) is 6.61. The highest BCUT2D eigenvalue weighted by atomic mass is 31.3. The zero-order valence-corrected chi connectivity index (χ0v) is 11.4. The van der Waals surface area contributed by atoms with Crippen LogP contribution in [0.2, 0.25) is 0 Å². The van der Waals surface area contributed by atoms with Crippen molar-refractivity contribution in [3.63, 3.8) is 0 Å².